The molecule has 3 N–H and O–H groups in total. The van der Waals surface area contributed by atoms with Crippen molar-refractivity contribution in [1.82, 2.24) is 5.32 Å². The van der Waals surface area contributed by atoms with Gasteiger partial charge in [-0.3, -0.25) is 4.79 Å². The molecule has 0 aromatic heterocycles. The number of anilines is 1. The van der Waals surface area contributed by atoms with E-state index >= 15 is 0 Å². The molecule has 0 fully saturated rings. The van der Waals surface area contributed by atoms with E-state index in [1.807, 2.05) is 24.3 Å². The Balaban J connectivity index is 2.01. The Labute approximate surface area is 124 Å². The normalized spacial score (nSPS) is 18.5. The van der Waals surface area contributed by atoms with Gasteiger partial charge in [-0.1, -0.05) is 39.0 Å². The summed E-state index contributed by atoms with van der Waals surface area (Å²) >= 11 is 0. The highest BCUT2D eigenvalue weighted by Gasteiger charge is 2.33. The molecule has 0 aliphatic carbocycles. The Morgan fingerprint density at radius 3 is 2.67 bits per heavy atom. The SMILES string of the molecule is CC(C)(C)C(NC(=O)CC1CNc2ccccc21)C(=O)O. The van der Waals surface area contributed by atoms with Crippen LogP contribution in [0.1, 0.15) is 38.7 Å². The average molecular weight is 290 g/mol. The first-order chi connectivity index (χ1) is 9.79. The molecule has 114 valence electrons. The number of amides is 1. The minimum atomic E-state index is -0.999. The Kier molecular flexibility index (Phi) is 4.21. The van der Waals surface area contributed by atoms with E-state index in [2.05, 4.69) is 10.6 Å². The van der Waals surface area contributed by atoms with Gasteiger partial charge >= 0.3 is 5.97 Å². The van der Waals surface area contributed by atoms with Gasteiger partial charge in [0.15, 0.2) is 0 Å². The second kappa shape index (κ2) is 5.76. The van der Waals surface area contributed by atoms with Crippen LogP contribution in [0.15, 0.2) is 24.3 Å². The van der Waals surface area contributed by atoms with Crippen molar-refractivity contribution in [3.05, 3.63) is 29.8 Å². The lowest BCUT2D eigenvalue weighted by atomic mass is 9.86. The third kappa shape index (κ3) is 3.54. The van der Waals surface area contributed by atoms with Gasteiger partial charge in [-0.25, -0.2) is 4.79 Å². The molecule has 1 aromatic carbocycles. The molecule has 5 heteroatoms. The molecule has 2 unspecified atom stereocenters. The van der Waals surface area contributed by atoms with E-state index < -0.39 is 17.4 Å². The van der Waals surface area contributed by atoms with Crippen LogP contribution in [0.2, 0.25) is 0 Å². The fourth-order valence-electron chi connectivity index (χ4n) is 2.63. The smallest absolute Gasteiger partial charge is 0.326 e. The lowest BCUT2D eigenvalue weighted by Crippen LogP contribution is -2.49. The van der Waals surface area contributed by atoms with Crippen molar-refractivity contribution in [3.63, 3.8) is 0 Å². The maximum atomic E-state index is 12.2. The Morgan fingerprint density at radius 1 is 1.38 bits per heavy atom. The molecule has 1 heterocycles. The molecule has 0 saturated carbocycles. The van der Waals surface area contributed by atoms with Gasteiger partial charge in [-0.05, 0) is 17.0 Å². The molecular weight excluding hydrogens is 268 g/mol. The van der Waals surface area contributed by atoms with Crippen LogP contribution in [0.4, 0.5) is 5.69 Å². The quantitative estimate of drug-likeness (QED) is 0.794. The topological polar surface area (TPSA) is 78.4 Å². The van der Waals surface area contributed by atoms with Crippen LogP contribution in [0.3, 0.4) is 0 Å². The maximum Gasteiger partial charge on any atom is 0.326 e. The summed E-state index contributed by atoms with van der Waals surface area (Å²) in [5, 5.41) is 15.2. The third-order valence-corrected chi connectivity index (χ3v) is 3.79. The molecule has 0 radical (unpaired) electrons. The van der Waals surface area contributed by atoms with E-state index in [1.54, 1.807) is 20.8 Å². The molecule has 21 heavy (non-hydrogen) atoms. The third-order valence-electron chi connectivity index (χ3n) is 3.79. The lowest BCUT2D eigenvalue weighted by Gasteiger charge is -2.28. The molecule has 5 nitrogen and oxygen atoms in total. The minimum Gasteiger partial charge on any atom is -0.480 e. The predicted octanol–water partition coefficient (Wildman–Crippen LogP) is 2.20. The van der Waals surface area contributed by atoms with Crippen LogP contribution in [0.5, 0.6) is 0 Å². The number of carbonyl (C=O) groups is 2. The summed E-state index contributed by atoms with van der Waals surface area (Å²) in [7, 11) is 0. The highest BCUT2D eigenvalue weighted by atomic mass is 16.4. The minimum absolute atomic E-state index is 0.0932. The highest BCUT2D eigenvalue weighted by molar-refractivity contribution is 5.85. The number of para-hydroxylation sites is 1. The summed E-state index contributed by atoms with van der Waals surface area (Å²) < 4.78 is 0. The monoisotopic (exact) mass is 290 g/mol. The summed E-state index contributed by atoms with van der Waals surface area (Å²) in [6.45, 7) is 6.12. The zero-order valence-electron chi connectivity index (χ0n) is 12.6. The molecule has 1 aromatic rings. The zero-order chi connectivity index (χ0) is 15.6. The molecule has 1 aliphatic heterocycles. The van der Waals surface area contributed by atoms with Crippen molar-refractivity contribution in [1.29, 1.82) is 0 Å². The number of aliphatic carboxylic acids is 1. The number of carbonyl (C=O) groups excluding carboxylic acids is 1. The van der Waals surface area contributed by atoms with Crippen LogP contribution in [-0.4, -0.2) is 29.6 Å². The number of carboxylic acid groups (broad SMARTS) is 1. The van der Waals surface area contributed by atoms with Crippen molar-refractivity contribution < 1.29 is 14.7 Å². The number of fused-ring (bicyclic) bond motifs is 1. The van der Waals surface area contributed by atoms with Crippen LogP contribution in [0.25, 0.3) is 0 Å². The average Bonchev–Trinajstić information content (AvgIpc) is 2.78. The van der Waals surface area contributed by atoms with Crippen molar-refractivity contribution in [2.75, 3.05) is 11.9 Å². The van der Waals surface area contributed by atoms with E-state index in [9.17, 15) is 14.7 Å². The van der Waals surface area contributed by atoms with E-state index in [-0.39, 0.29) is 11.8 Å². The van der Waals surface area contributed by atoms with Gasteiger partial charge in [-0.2, -0.15) is 0 Å². The molecule has 0 saturated heterocycles. The Bertz CT molecular complexity index is 549. The van der Waals surface area contributed by atoms with Crippen molar-refractivity contribution in [2.45, 2.75) is 39.2 Å². The Hall–Kier alpha value is -2.04. The first kappa shape index (κ1) is 15.4. The van der Waals surface area contributed by atoms with Crippen molar-refractivity contribution >= 4 is 17.6 Å². The van der Waals surface area contributed by atoms with Gasteiger partial charge < -0.3 is 15.7 Å². The number of carboxylic acids is 1. The van der Waals surface area contributed by atoms with Gasteiger partial charge in [0.05, 0.1) is 0 Å². The highest BCUT2D eigenvalue weighted by Crippen LogP contribution is 2.33. The van der Waals surface area contributed by atoms with E-state index in [4.69, 9.17) is 0 Å². The van der Waals surface area contributed by atoms with E-state index in [0.29, 0.717) is 13.0 Å². The second-order valence-corrected chi connectivity index (χ2v) is 6.57. The number of nitrogens with one attached hydrogen (secondary N) is 2. The van der Waals surface area contributed by atoms with E-state index in [1.165, 1.54) is 0 Å². The van der Waals surface area contributed by atoms with Crippen molar-refractivity contribution in [2.24, 2.45) is 5.41 Å². The summed E-state index contributed by atoms with van der Waals surface area (Å²) in [6.07, 6.45) is 0.296. The van der Waals surface area contributed by atoms with Gasteiger partial charge in [-0.15, -0.1) is 0 Å². The standard InChI is InChI=1S/C16H22N2O3/c1-16(2,3)14(15(20)21)18-13(19)8-10-9-17-12-7-5-4-6-11(10)12/h4-7,10,14,17H,8-9H2,1-3H3,(H,18,19)(H,20,21). The molecule has 1 amide bonds. The fraction of sp³-hybridized carbons (Fsp3) is 0.500. The molecule has 0 spiro atoms. The molecule has 2 rings (SSSR count). The predicted molar refractivity (Wildman–Crippen MR) is 81.3 cm³/mol. The van der Waals surface area contributed by atoms with E-state index in [0.717, 1.165) is 11.3 Å². The lowest BCUT2D eigenvalue weighted by molar-refractivity contribution is -0.145. The number of hydrogen-bond donors (Lipinski definition) is 3. The largest absolute Gasteiger partial charge is 0.480 e. The molecular formula is C16H22N2O3. The second-order valence-electron chi connectivity index (χ2n) is 6.57. The van der Waals surface area contributed by atoms with Gasteiger partial charge in [0, 0.05) is 24.6 Å². The zero-order valence-corrected chi connectivity index (χ0v) is 12.6. The first-order valence-electron chi connectivity index (χ1n) is 7.14. The number of rotatable bonds is 4. The number of hydrogen-bond acceptors (Lipinski definition) is 3. The van der Waals surface area contributed by atoms with Crippen molar-refractivity contribution in [3.8, 4) is 0 Å². The summed E-state index contributed by atoms with van der Waals surface area (Å²) in [5.41, 5.74) is 1.66. The summed E-state index contributed by atoms with van der Waals surface area (Å²) in [6, 6.07) is 7.02. The van der Waals surface area contributed by atoms with Crippen LogP contribution < -0.4 is 10.6 Å². The Morgan fingerprint density at radius 2 is 2.05 bits per heavy atom. The summed E-state index contributed by atoms with van der Waals surface area (Å²) in [4.78, 5) is 23.5. The summed E-state index contributed by atoms with van der Waals surface area (Å²) in [5.74, 6) is -1.13. The fourth-order valence-corrected chi connectivity index (χ4v) is 2.63. The van der Waals surface area contributed by atoms with Crippen LogP contribution >= 0.6 is 0 Å². The first-order valence-corrected chi connectivity index (χ1v) is 7.14. The van der Waals surface area contributed by atoms with Gasteiger partial charge in [0.1, 0.15) is 6.04 Å². The van der Waals surface area contributed by atoms with Gasteiger partial charge in [0.25, 0.3) is 0 Å². The molecule has 2 atom stereocenters. The van der Waals surface area contributed by atoms with Crippen LogP contribution in [0, 0.1) is 5.41 Å². The maximum absolute atomic E-state index is 12.2. The molecule has 0 bridgehead atoms. The van der Waals surface area contributed by atoms with Crippen LogP contribution in [-0.2, 0) is 9.59 Å². The number of benzene rings is 1. The molecule has 1 aliphatic rings. The van der Waals surface area contributed by atoms with Gasteiger partial charge in [0.2, 0.25) is 5.91 Å².